The van der Waals surface area contributed by atoms with Gasteiger partial charge in [-0.1, -0.05) is 25.0 Å². The van der Waals surface area contributed by atoms with E-state index in [2.05, 4.69) is 0 Å². The fraction of sp³-hybridized carbons (Fsp3) is 0.474. The number of rotatable bonds is 6. The molecule has 1 heterocycles. The molecule has 3 amide bonds. The predicted molar refractivity (Wildman–Crippen MR) is 91.5 cm³/mol. The molecule has 0 bridgehead atoms. The van der Waals surface area contributed by atoms with E-state index >= 15 is 0 Å². The van der Waals surface area contributed by atoms with E-state index in [-0.39, 0.29) is 43.2 Å². The highest BCUT2D eigenvalue weighted by Gasteiger charge is 2.47. The number of hydrogen-bond acceptors (Lipinski definition) is 5. The van der Waals surface area contributed by atoms with Crippen LogP contribution in [0.15, 0.2) is 24.3 Å². The summed E-state index contributed by atoms with van der Waals surface area (Å²) in [5.41, 5.74) is 6.27. The summed E-state index contributed by atoms with van der Waals surface area (Å²) in [5, 5.41) is 0. The van der Waals surface area contributed by atoms with E-state index < -0.39 is 11.9 Å². The zero-order valence-electron chi connectivity index (χ0n) is 14.5. The van der Waals surface area contributed by atoms with Gasteiger partial charge in [-0.25, -0.2) is 0 Å². The van der Waals surface area contributed by atoms with Gasteiger partial charge in [0.1, 0.15) is 6.61 Å². The van der Waals surface area contributed by atoms with Crippen LogP contribution < -0.4 is 5.73 Å². The number of likely N-dealkylation sites (tertiary alicyclic amines) is 1. The Kier molecular flexibility index (Phi) is 5.35. The minimum Gasteiger partial charge on any atom is -0.461 e. The molecule has 1 aromatic carbocycles. The van der Waals surface area contributed by atoms with E-state index in [0.717, 1.165) is 31.2 Å². The van der Waals surface area contributed by atoms with Crippen LogP contribution in [0, 0.1) is 11.8 Å². The Bertz CT molecular complexity index is 704. The molecule has 2 unspecified atom stereocenters. The molecule has 7 nitrogen and oxygen atoms in total. The number of carbonyl (C=O) groups is 4. The highest BCUT2D eigenvalue weighted by Crippen LogP contribution is 2.37. The monoisotopic (exact) mass is 358 g/mol. The summed E-state index contributed by atoms with van der Waals surface area (Å²) in [5.74, 6) is -1.68. The van der Waals surface area contributed by atoms with Gasteiger partial charge in [-0.2, -0.15) is 0 Å². The Morgan fingerprint density at radius 2 is 1.62 bits per heavy atom. The Hall–Kier alpha value is -2.70. The summed E-state index contributed by atoms with van der Waals surface area (Å²) in [6.07, 6.45) is 3.46. The van der Waals surface area contributed by atoms with Crippen LogP contribution in [0.4, 0.5) is 0 Å². The van der Waals surface area contributed by atoms with Gasteiger partial charge in [-0.05, 0) is 30.5 Å². The maximum absolute atomic E-state index is 12.3. The Morgan fingerprint density at radius 1 is 1.04 bits per heavy atom. The van der Waals surface area contributed by atoms with Crippen molar-refractivity contribution in [3.63, 3.8) is 0 Å². The van der Waals surface area contributed by atoms with Gasteiger partial charge in [-0.3, -0.25) is 24.1 Å². The second-order valence-electron chi connectivity index (χ2n) is 6.80. The number of hydrogen-bond donors (Lipinski definition) is 1. The number of fused-ring (bicyclic) bond motifs is 1. The first-order valence-corrected chi connectivity index (χ1v) is 8.87. The van der Waals surface area contributed by atoms with Crippen molar-refractivity contribution in [2.45, 2.75) is 38.7 Å². The maximum atomic E-state index is 12.3. The highest BCUT2D eigenvalue weighted by molar-refractivity contribution is 6.05. The van der Waals surface area contributed by atoms with Crippen LogP contribution in [-0.2, 0) is 25.7 Å². The summed E-state index contributed by atoms with van der Waals surface area (Å²) in [4.78, 5) is 48.9. The van der Waals surface area contributed by atoms with E-state index in [9.17, 15) is 19.2 Å². The van der Waals surface area contributed by atoms with E-state index in [0.29, 0.717) is 5.56 Å². The Morgan fingerprint density at radius 3 is 2.15 bits per heavy atom. The lowest BCUT2D eigenvalue weighted by atomic mass is 9.81. The molecule has 2 atom stereocenters. The van der Waals surface area contributed by atoms with E-state index in [1.165, 1.54) is 4.90 Å². The fourth-order valence-electron chi connectivity index (χ4n) is 3.66. The molecular weight excluding hydrogens is 336 g/mol. The molecule has 1 saturated heterocycles. The number of imide groups is 1. The molecule has 26 heavy (non-hydrogen) atoms. The maximum Gasteiger partial charge on any atom is 0.307 e. The third-order valence-corrected chi connectivity index (χ3v) is 5.11. The Labute approximate surface area is 151 Å². The number of carbonyl (C=O) groups excluding carboxylic acids is 4. The molecule has 2 N–H and O–H groups in total. The number of benzene rings is 1. The van der Waals surface area contributed by atoms with Gasteiger partial charge in [0.15, 0.2) is 0 Å². The molecule has 1 saturated carbocycles. The van der Waals surface area contributed by atoms with Crippen molar-refractivity contribution >= 4 is 23.7 Å². The standard InChI is InChI=1S/C19H22N2O5/c20-17(23)13-7-5-12(6-8-13)11-26-16(22)9-10-21-18(24)14-3-1-2-4-15(14)19(21)25/h5-8,14-15H,1-4,9-11H2,(H2,20,23). The zero-order chi connectivity index (χ0) is 18.7. The largest absolute Gasteiger partial charge is 0.461 e. The normalized spacial score (nSPS) is 22.2. The number of nitrogens with two attached hydrogens (primary N) is 1. The van der Waals surface area contributed by atoms with Crippen LogP contribution in [-0.4, -0.2) is 35.1 Å². The fourth-order valence-corrected chi connectivity index (χ4v) is 3.66. The van der Waals surface area contributed by atoms with Crippen molar-refractivity contribution in [3.05, 3.63) is 35.4 Å². The zero-order valence-corrected chi connectivity index (χ0v) is 14.5. The van der Waals surface area contributed by atoms with Crippen LogP contribution in [0.25, 0.3) is 0 Å². The van der Waals surface area contributed by atoms with E-state index in [1.54, 1.807) is 24.3 Å². The van der Waals surface area contributed by atoms with Crippen LogP contribution >= 0.6 is 0 Å². The van der Waals surface area contributed by atoms with Gasteiger partial charge in [0.05, 0.1) is 18.3 Å². The highest BCUT2D eigenvalue weighted by atomic mass is 16.5. The smallest absolute Gasteiger partial charge is 0.307 e. The van der Waals surface area contributed by atoms with Gasteiger partial charge in [0, 0.05) is 12.1 Å². The van der Waals surface area contributed by atoms with Gasteiger partial charge >= 0.3 is 5.97 Å². The predicted octanol–water partition coefficient (Wildman–Crippen LogP) is 1.39. The molecule has 2 aliphatic rings. The molecular formula is C19H22N2O5. The molecule has 0 spiro atoms. The topological polar surface area (TPSA) is 107 Å². The van der Waals surface area contributed by atoms with Gasteiger partial charge < -0.3 is 10.5 Å². The van der Waals surface area contributed by atoms with Gasteiger partial charge in [0.2, 0.25) is 17.7 Å². The Balaban J connectivity index is 1.47. The lowest BCUT2D eigenvalue weighted by Crippen LogP contribution is -2.33. The van der Waals surface area contributed by atoms with Crippen LogP contribution in [0.1, 0.15) is 48.0 Å². The SMILES string of the molecule is NC(=O)c1ccc(COC(=O)CCN2C(=O)C3CCCCC3C2=O)cc1. The first-order valence-electron chi connectivity index (χ1n) is 8.87. The second kappa shape index (κ2) is 7.68. The molecule has 1 aromatic rings. The lowest BCUT2D eigenvalue weighted by Gasteiger charge is -2.19. The van der Waals surface area contributed by atoms with Gasteiger partial charge in [0.25, 0.3) is 0 Å². The third kappa shape index (κ3) is 3.76. The summed E-state index contributed by atoms with van der Waals surface area (Å²) < 4.78 is 5.17. The summed E-state index contributed by atoms with van der Waals surface area (Å²) in [6, 6.07) is 6.45. The van der Waals surface area contributed by atoms with Crippen LogP contribution in [0.5, 0.6) is 0 Å². The number of esters is 1. The van der Waals surface area contributed by atoms with Crippen LogP contribution in [0.3, 0.4) is 0 Å². The van der Waals surface area contributed by atoms with Crippen molar-refractivity contribution < 1.29 is 23.9 Å². The van der Waals surface area contributed by atoms with Gasteiger partial charge in [-0.15, -0.1) is 0 Å². The molecule has 1 aliphatic carbocycles. The average molecular weight is 358 g/mol. The molecule has 1 aliphatic heterocycles. The molecule has 3 rings (SSSR count). The van der Waals surface area contributed by atoms with Crippen molar-refractivity contribution in [1.82, 2.24) is 4.90 Å². The minimum absolute atomic E-state index is 0.0176. The summed E-state index contributed by atoms with van der Waals surface area (Å²) in [6.45, 7) is 0.134. The van der Waals surface area contributed by atoms with E-state index in [1.807, 2.05) is 0 Å². The molecule has 0 radical (unpaired) electrons. The third-order valence-electron chi connectivity index (χ3n) is 5.11. The lowest BCUT2D eigenvalue weighted by molar-refractivity contribution is -0.146. The molecule has 138 valence electrons. The van der Waals surface area contributed by atoms with E-state index in [4.69, 9.17) is 10.5 Å². The molecule has 0 aromatic heterocycles. The average Bonchev–Trinajstić information content (AvgIpc) is 2.89. The van der Waals surface area contributed by atoms with Crippen molar-refractivity contribution in [3.8, 4) is 0 Å². The summed E-state index contributed by atoms with van der Waals surface area (Å²) >= 11 is 0. The number of nitrogens with zero attached hydrogens (tertiary/aromatic N) is 1. The molecule has 7 heteroatoms. The quantitative estimate of drug-likeness (QED) is 0.611. The summed E-state index contributed by atoms with van der Waals surface area (Å²) in [7, 11) is 0. The minimum atomic E-state index is -0.519. The number of ether oxygens (including phenoxy) is 1. The number of amides is 3. The van der Waals surface area contributed by atoms with Crippen molar-refractivity contribution in [1.29, 1.82) is 0 Å². The van der Waals surface area contributed by atoms with Crippen LogP contribution in [0.2, 0.25) is 0 Å². The second-order valence-corrected chi connectivity index (χ2v) is 6.80. The first-order chi connectivity index (χ1) is 12.5. The molecule has 2 fully saturated rings. The first kappa shape index (κ1) is 18.1. The van der Waals surface area contributed by atoms with Crippen molar-refractivity contribution in [2.75, 3.05) is 6.54 Å². The number of primary amides is 1. The van der Waals surface area contributed by atoms with Crippen molar-refractivity contribution in [2.24, 2.45) is 17.6 Å².